The molecule has 1 aliphatic rings. The lowest BCUT2D eigenvalue weighted by Gasteiger charge is -2.26. The first-order valence-corrected chi connectivity index (χ1v) is 9.44. The van der Waals surface area contributed by atoms with E-state index in [1.54, 1.807) is 42.9 Å². The molecular weight excluding hydrogens is 372 g/mol. The van der Waals surface area contributed by atoms with Gasteiger partial charge >= 0.3 is 0 Å². The quantitative estimate of drug-likeness (QED) is 0.655. The van der Waals surface area contributed by atoms with Crippen LogP contribution in [0.5, 0.6) is 11.6 Å². The van der Waals surface area contributed by atoms with Gasteiger partial charge in [-0.2, -0.15) is 5.10 Å². The smallest absolute Gasteiger partial charge is 0.255 e. The molecule has 3 heterocycles. The van der Waals surface area contributed by atoms with Crippen LogP contribution in [0.3, 0.4) is 0 Å². The first kappa shape index (κ1) is 19.0. The highest BCUT2D eigenvalue weighted by Crippen LogP contribution is 2.20. The summed E-state index contributed by atoms with van der Waals surface area (Å²) in [5.41, 5.74) is 1.13. The fraction of sp³-hybridized carbons (Fsp3) is 0.300. The van der Waals surface area contributed by atoms with Crippen LogP contribution in [0, 0.1) is 0 Å². The van der Waals surface area contributed by atoms with Crippen molar-refractivity contribution in [2.24, 2.45) is 0 Å². The average molecular weight is 394 g/mol. The number of anilines is 1. The third-order valence-corrected chi connectivity index (χ3v) is 4.50. The van der Waals surface area contributed by atoms with Gasteiger partial charge in [0, 0.05) is 43.8 Å². The van der Waals surface area contributed by atoms with Gasteiger partial charge in [0.1, 0.15) is 5.75 Å². The molecule has 1 fully saturated rings. The number of morpholine rings is 1. The second-order valence-electron chi connectivity index (χ2n) is 6.57. The highest BCUT2D eigenvalue weighted by molar-refractivity contribution is 6.04. The van der Waals surface area contributed by atoms with Crippen LogP contribution in [0.25, 0.3) is 0 Å². The second kappa shape index (κ2) is 9.26. The predicted octanol–water partition coefficient (Wildman–Crippen LogP) is 2.05. The Bertz CT molecular complexity index is 940. The Morgan fingerprint density at radius 3 is 2.90 bits per heavy atom. The van der Waals surface area contributed by atoms with Crippen LogP contribution in [0.15, 0.2) is 55.2 Å². The van der Waals surface area contributed by atoms with Crippen LogP contribution < -0.4 is 10.1 Å². The van der Waals surface area contributed by atoms with Crippen molar-refractivity contribution in [1.29, 1.82) is 0 Å². The van der Waals surface area contributed by atoms with Crippen LogP contribution in [-0.2, 0) is 11.3 Å². The van der Waals surface area contributed by atoms with Gasteiger partial charge in [-0.3, -0.25) is 19.4 Å². The van der Waals surface area contributed by atoms with Crippen molar-refractivity contribution >= 4 is 11.6 Å². The molecule has 0 radical (unpaired) electrons. The molecular formula is C20H22N6O3. The van der Waals surface area contributed by atoms with Crippen molar-refractivity contribution < 1.29 is 14.3 Å². The minimum atomic E-state index is -0.234. The van der Waals surface area contributed by atoms with Crippen molar-refractivity contribution in [1.82, 2.24) is 24.6 Å². The number of ether oxygens (including phenoxy) is 2. The first-order valence-electron chi connectivity index (χ1n) is 9.44. The number of aromatic nitrogens is 4. The normalized spacial score (nSPS) is 14.5. The summed E-state index contributed by atoms with van der Waals surface area (Å²) in [7, 11) is 0. The molecule has 0 unspecified atom stereocenters. The Hall–Kier alpha value is -3.30. The topological polar surface area (TPSA) is 94.4 Å². The molecule has 0 saturated carbocycles. The highest BCUT2D eigenvalue weighted by atomic mass is 16.5. The lowest BCUT2D eigenvalue weighted by molar-refractivity contribution is 0.0360. The number of amides is 1. The van der Waals surface area contributed by atoms with E-state index in [4.69, 9.17) is 9.47 Å². The summed E-state index contributed by atoms with van der Waals surface area (Å²) in [6, 6.07) is 6.90. The highest BCUT2D eigenvalue weighted by Gasteiger charge is 2.12. The maximum absolute atomic E-state index is 12.6. The Morgan fingerprint density at radius 2 is 2.07 bits per heavy atom. The number of hydrogen-bond donors (Lipinski definition) is 1. The minimum absolute atomic E-state index is 0.234. The summed E-state index contributed by atoms with van der Waals surface area (Å²) in [4.78, 5) is 22.9. The van der Waals surface area contributed by atoms with Crippen LogP contribution >= 0.6 is 0 Å². The van der Waals surface area contributed by atoms with E-state index in [0.29, 0.717) is 22.9 Å². The largest absolute Gasteiger partial charge is 0.437 e. The molecule has 0 aliphatic carbocycles. The van der Waals surface area contributed by atoms with Crippen molar-refractivity contribution in [2.45, 2.75) is 6.54 Å². The molecule has 29 heavy (non-hydrogen) atoms. The summed E-state index contributed by atoms with van der Waals surface area (Å²) in [5, 5.41) is 7.19. The number of benzene rings is 1. The zero-order valence-electron chi connectivity index (χ0n) is 15.9. The van der Waals surface area contributed by atoms with Gasteiger partial charge in [0.25, 0.3) is 5.91 Å². The number of nitrogens with one attached hydrogen (secondary N) is 1. The van der Waals surface area contributed by atoms with E-state index < -0.39 is 0 Å². The molecule has 9 nitrogen and oxygen atoms in total. The Kier molecular flexibility index (Phi) is 6.08. The number of rotatable bonds is 7. The van der Waals surface area contributed by atoms with Crippen LogP contribution in [-0.4, -0.2) is 63.4 Å². The third-order valence-electron chi connectivity index (χ3n) is 4.50. The van der Waals surface area contributed by atoms with E-state index >= 15 is 0 Å². The van der Waals surface area contributed by atoms with Crippen molar-refractivity contribution in [3.05, 3.63) is 60.8 Å². The molecule has 2 aromatic heterocycles. The standard InChI is InChI=1S/C20H22N6O3/c27-20(16-2-1-3-18(12-16)29-19-14-21-4-5-22-19)24-17-13-23-26(15-17)7-6-25-8-10-28-11-9-25/h1-5,12-15H,6-11H2,(H,24,27). The SMILES string of the molecule is O=C(Nc1cnn(CCN2CCOCC2)c1)c1cccc(Oc2cnccn2)c1. The van der Waals surface area contributed by atoms with Crippen molar-refractivity contribution in [3.8, 4) is 11.6 Å². The van der Waals surface area contributed by atoms with Crippen LogP contribution in [0.1, 0.15) is 10.4 Å². The van der Waals surface area contributed by atoms with E-state index in [-0.39, 0.29) is 5.91 Å². The molecule has 0 spiro atoms. The molecule has 1 saturated heterocycles. The molecule has 0 bridgehead atoms. The fourth-order valence-corrected chi connectivity index (χ4v) is 2.98. The summed E-state index contributed by atoms with van der Waals surface area (Å²) in [5.74, 6) is 0.647. The Labute approximate surface area is 168 Å². The molecule has 150 valence electrons. The molecule has 1 N–H and O–H groups in total. The van der Waals surface area contributed by atoms with Gasteiger partial charge < -0.3 is 14.8 Å². The average Bonchev–Trinajstić information content (AvgIpc) is 3.21. The number of carbonyl (C=O) groups excluding carboxylic acids is 1. The number of hydrogen-bond acceptors (Lipinski definition) is 7. The van der Waals surface area contributed by atoms with Gasteiger partial charge in [0.05, 0.1) is 37.8 Å². The monoisotopic (exact) mass is 394 g/mol. The molecule has 4 rings (SSSR count). The first-order chi connectivity index (χ1) is 14.3. The second-order valence-corrected chi connectivity index (χ2v) is 6.57. The van der Waals surface area contributed by atoms with Gasteiger partial charge in [-0.1, -0.05) is 6.07 Å². The lowest BCUT2D eigenvalue weighted by atomic mass is 10.2. The molecule has 1 aliphatic heterocycles. The zero-order chi connectivity index (χ0) is 19.9. The predicted molar refractivity (Wildman–Crippen MR) is 106 cm³/mol. The molecule has 9 heteroatoms. The van der Waals surface area contributed by atoms with Gasteiger partial charge in [0.2, 0.25) is 5.88 Å². The van der Waals surface area contributed by atoms with E-state index in [1.807, 2.05) is 10.9 Å². The maximum atomic E-state index is 12.6. The van der Waals surface area contributed by atoms with E-state index in [2.05, 4.69) is 25.3 Å². The molecule has 1 aromatic carbocycles. The lowest BCUT2D eigenvalue weighted by Crippen LogP contribution is -2.38. The number of nitrogens with zero attached hydrogens (tertiary/aromatic N) is 5. The zero-order valence-corrected chi connectivity index (χ0v) is 15.9. The fourth-order valence-electron chi connectivity index (χ4n) is 2.98. The third kappa shape index (κ3) is 5.37. The Morgan fingerprint density at radius 1 is 1.17 bits per heavy atom. The minimum Gasteiger partial charge on any atom is -0.437 e. The van der Waals surface area contributed by atoms with E-state index in [0.717, 1.165) is 39.4 Å². The summed E-state index contributed by atoms with van der Waals surface area (Å²) in [6.07, 6.45) is 8.11. The summed E-state index contributed by atoms with van der Waals surface area (Å²) >= 11 is 0. The van der Waals surface area contributed by atoms with Gasteiger partial charge in [-0.25, -0.2) is 4.98 Å². The van der Waals surface area contributed by atoms with Crippen LogP contribution in [0.2, 0.25) is 0 Å². The summed E-state index contributed by atoms with van der Waals surface area (Å²) in [6.45, 7) is 5.10. The number of carbonyl (C=O) groups is 1. The molecule has 1 amide bonds. The Balaban J connectivity index is 1.33. The van der Waals surface area contributed by atoms with Gasteiger partial charge in [-0.05, 0) is 18.2 Å². The van der Waals surface area contributed by atoms with Crippen molar-refractivity contribution in [2.75, 3.05) is 38.2 Å². The van der Waals surface area contributed by atoms with Gasteiger partial charge in [0.15, 0.2) is 0 Å². The van der Waals surface area contributed by atoms with Crippen molar-refractivity contribution in [3.63, 3.8) is 0 Å². The maximum Gasteiger partial charge on any atom is 0.255 e. The van der Waals surface area contributed by atoms with Crippen LogP contribution in [0.4, 0.5) is 5.69 Å². The summed E-state index contributed by atoms with van der Waals surface area (Å²) < 4.78 is 12.8. The van der Waals surface area contributed by atoms with E-state index in [9.17, 15) is 4.79 Å². The molecule has 0 atom stereocenters. The van der Waals surface area contributed by atoms with E-state index in [1.165, 1.54) is 6.20 Å². The molecule has 3 aromatic rings. The van der Waals surface area contributed by atoms with Gasteiger partial charge in [-0.15, -0.1) is 0 Å².